The predicted octanol–water partition coefficient (Wildman–Crippen LogP) is 2.62. The van der Waals surface area contributed by atoms with Crippen LogP contribution >= 0.6 is 0 Å². The molecule has 0 atom stereocenters. The largest absolute Gasteiger partial charge is 0.497 e. The number of hydrogen-bond acceptors (Lipinski definition) is 4. The molecule has 0 bridgehead atoms. The normalized spacial score (nSPS) is 14.7. The fourth-order valence-corrected chi connectivity index (χ4v) is 2.68. The summed E-state index contributed by atoms with van der Waals surface area (Å²) in [6.45, 7) is 2.70. The number of guanidine groups is 1. The Balaban J connectivity index is 1.55. The summed E-state index contributed by atoms with van der Waals surface area (Å²) < 4.78 is 5.13. The number of nitrogens with one attached hydrogen (secondary N) is 1. The zero-order valence-corrected chi connectivity index (χ0v) is 13.9. The first-order valence-electron chi connectivity index (χ1n) is 8.15. The molecule has 0 spiro atoms. The minimum absolute atomic E-state index is 0.379. The molecule has 1 saturated heterocycles. The molecule has 0 aliphatic carbocycles. The first-order chi connectivity index (χ1) is 11.7. The summed E-state index contributed by atoms with van der Waals surface area (Å²) in [4.78, 5) is 11.2. The van der Waals surface area contributed by atoms with E-state index in [9.17, 15) is 0 Å². The number of pyridine rings is 1. The quantitative estimate of drug-likeness (QED) is 0.653. The number of aromatic nitrogens is 1. The van der Waals surface area contributed by atoms with Crippen LogP contribution < -0.4 is 20.7 Å². The molecular weight excluding hydrogens is 302 g/mol. The Labute approximate surface area is 142 Å². The maximum Gasteiger partial charge on any atom is 0.193 e. The molecule has 1 aromatic carbocycles. The van der Waals surface area contributed by atoms with Gasteiger partial charge in [-0.15, -0.1) is 0 Å². The summed E-state index contributed by atoms with van der Waals surface area (Å²) >= 11 is 0. The van der Waals surface area contributed by atoms with E-state index in [1.165, 1.54) is 12.8 Å². The second-order valence-electron chi connectivity index (χ2n) is 5.77. The summed E-state index contributed by atoms with van der Waals surface area (Å²) in [5, 5.41) is 3.06. The van der Waals surface area contributed by atoms with E-state index in [0.29, 0.717) is 12.5 Å². The molecule has 1 fully saturated rings. The molecule has 3 N–H and O–H groups in total. The van der Waals surface area contributed by atoms with Gasteiger partial charge >= 0.3 is 0 Å². The van der Waals surface area contributed by atoms with Gasteiger partial charge in [0.05, 0.1) is 13.7 Å². The van der Waals surface area contributed by atoms with Crippen LogP contribution in [0.15, 0.2) is 47.6 Å². The second kappa shape index (κ2) is 7.68. The first kappa shape index (κ1) is 16.1. The second-order valence-corrected chi connectivity index (χ2v) is 5.77. The van der Waals surface area contributed by atoms with Crippen molar-refractivity contribution in [2.75, 3.05) is 30.4 Å². The molecule has 2 heterocycles. The van der Waals surface area contributed by atoms with Gasteiger partial charge < -0.3 is 20.7 Å². The number of rotatable bonds is 5. The Morgan fingerprint density at radius 2 is 1.96 bits per heavy atom. The van der Waals surface area contributed by atoms with Gasteiger partial charge in [0, 0.05) is 25.0 Å². The highest BCUT2D eigenvalue weighted by atomic mass is 16.5. The molecule has 24 heavy (non-hydrogen) atoms. The molecular formula is C18H23N5O. The van der Waals surface area contributed by atoms with Crippen LogP contribution in [0.1, 0.15) is 18.4 Å². The van der Waals surface area contributed by atoms with Crippen molar-refractivity contribution < 1.29 is 4.74 Å². The van der Waals surface area contributed by atoms with Crippen LogP contribution in [-0.2, 0) is 6.54 Å². The van der Waals surface area contributed by atoms with E-state index in [0.717, 1.165) is 35.9 Å². The van der Waals surface area contributed by atoms with Crippen molar-refractivity contribution in [1.29, 1.82) is 0 Å². The maximum atomic E-state index is 5.93. The van der Waals surface area contributed by atoms with Crippen LogP contribution in [-0.4, -0.2) is 31.1 Å². The molecule has 6 heteroatoms. The Kier molecular flexibility index (Phi) is 5.15. The molecule has 0 amide bonds. The number of nitrogens with two attached hydrogens (primary N) is 1. The maximum absolute atomic E-state index is 5.93. The van der Waals surface area contributed by atoms with Crippen LogP contribution in [0.2, 0.25) is 0 Å². The van der Waals surface area contributed by atoms with Crippen molar-refractivity contribution in [1.82, 2.24) is 4.98 Å². The molecule has 3 rings (SSSR count). The third-order valence-corrected chi connectivity index (χ3v) is 4.03. The lowest BCUT2D eigenvalue weighted by molar-refractivity contribution is 0.415. The van der Waals surface area contributed by atoms with E-state index in [1.807, 2.05) is 30.5 Å². The number of ether oxygens (including phenoxy) is 1. The van der Waals surface area contributed by atoms with Crippen LogP contribution in [0.5, 0.6) is 5.75 Å². The Bertz CT molecular complexity index is 676. The van der Waals surface area contributed by atoms with Crippen molar-refractivity contribution in [2.45, 2.75) is 19.4 Å². The van der Waals surface area contributed by atoms with Gasteiger partial charge in [-0.05, 0) is 48.7 Å². The fourth-order valence-electron chi connectivity index (χ4n) is 2.68. The number of methoxy groups -OCH3 is 1. The first-order valence-corrected chi connectivity index (χ1v) is 8.15. The Morgan fingerprint density at radius 1 is 1.21 bits per heavy atom. The molecule has 2 aromatic rings. The molecule has 0 saturated carbocycles. The lowest BCUT2D eigenvalue weighted by Gasteiger charge is -2.16. The minimum Gasteiger partial charge on any atom is -0.497 e. The SMILES string of the molecule is COc1ccc(NC(N)=NCc2ccc(N3CCCC3)nc2)cc1. The number of aliphatic imine (C=N–C) groups is 1. The van der Waals surface area contributed by atoms with Gasteiger partial charge in [-0.25, -0.2) is 9.98 Å². The highest BCUT2D eigenvalue weighted by molar-refractivity contribution is 5.92. The van der Waals surface area contributed by atoms with Crippen LogP contribution in [0.3, 0.4) is 0 Å². The summed E-state index contributed by atoms with van der Waals surface area (Å²) in [7, 11) is 1.64. The fraction of sp³-hybridized carbons (Fsp3) is 0.333. The smallest absolute Gasteiger partial charge is 0.193 e. The average Bonchev–Trinajstić information content (AvgIpc) is 3.16. The zero-order valence-electron chi connectivity index (χ0n) is 13.9. The van der Waals surface area contributed by atoms with Crippen molar-refractivity contribution in [3.05, 3.63) is 48.2 Å². The van der Waals surface area contributed by atoms with E-state index in [1.54, 1.807) is 7.11 Å². The van der Waals surface area contributed by atoms with Crippen molar-refractivity contribution in [3.8, 4) is 5.75 Å². The van der Waals surface area contributed by atoms with Crippen LogP contribution in [0.25, 0.3) is 0 Å². The number of hydrogen-bond donors (Lipinski definition) is 2. The standard InChI is InChI=1S/C18H23N5O/c1-24-16-7-5-15(6-8-16)22-18(19)21-13-14-4-9-17(20-12-14)23-10-2-3-11-23/h4-9,12H,2-3,10-11,13H2,1H3,(H3,19,21,22). The minimum atomic E-state index is 0.379. The average molecular weight is 325 g/mol. The van der Waals surface area contributed by atoms with Gasteiger partial charge in [0.1, 0.15) is 11.6 Å². The molecule has 1 aromatic heterocycles. The van der Waals surface area contributed by atoms with Crippen LogP contribution in [0.4, 0.5) is 11.5 Å². The lowest BCUT2D eigenvalue weighted by Crippen LogP contribution is -2.22. The van der Waals surface area contributed by atoms with Gasteiger partial charge in [0.15, 0.2) is 5.96 Å². The monoisotopic (exact) mass is 325 g/mol. The Morgan fingerprint density at radius 3 is 2.58 bits per heavy atom. The summed E-state index contributed by atoms with van der Waals surface area (Å²) in [6.07, 6.45) is 4.38. The lowest BCUT2D eigenvalue weighted by atomic mass is 10.3. The van der Waals surface area contributed by atoms with Gasteiger partial charge in [0.25, 0.3) is 0 Å². The van der Waals surface area contributed by atoms with Crippen LogP contribution in [0, 0.1) is 0 Å². The van der Waals surface area contributed by atoms with E-state index in [-0.39, 0.29) is 0 Å². The third kappa shape index (κ3) is 4.16. The highest BCUT2D eigenvalue weighted by Gasteiger charge is 2.12. The molecule has 0 radical (unpaired) electrons. The molecule has 1 aliphatic rings. The predicted molar refractivity (Wildman–Crippen MR) is 97.6 cm³/mol. The van der Waals surface area contributed by atoms with Crippen molar-refractivity contribution in [2.24, 2.45) is 10.7 Å². The van der Waals surface area contributed by atoms with E-state index in [2.05, 4.69) is 32.3 Å². The van der Waals surface area contributed by atoms with Gasteiger partial charge in [-0.3, -0.25) is 0 Å². The van der Waals surface area contributed by atoms with Gasteiger partial charge in [-0.2, -0.15) is 0 Å². The highest BCUT2D eigenvalue weighted by Crippen LogP contribution is 2.18. The van der Waals surface area contributed by atoms with E-state index in [4.69, 9.17) is 10.5 Å². The number of nitrogens with zero attached hydrogens (tertiary/aromatic N) is 3. The zero-order chi connectivity index (χ0) is 16.8. The molecule has 126 valence electrons. The topological polar surface area (TPSA) is 75.8 Å². The number of anilines is 2. The van der Waals surface area contributed by atoms with Gasteiger partial charge in [-0.1, -0.05) is 6.07 Å². The van der Waals surface area contributed by atoms with Crippen molar-refractivity contribution >= 4 is 17.5 Å². The van der Waals surface area contributed by atoms with E-state index >= 15 is 0 Å². The summed E-state index contributed by atoms with van der Waals surface area (Å²) in [6, 6.07) is 11.7. The molecule has 0 unspecified atom stereocenters. The molecule has 6 nitrogen and oxygen atoms in total. The van der Waals surface area contributed by atoms with Crippen molar-refractivity contribution in [3.63, 3.8) is 0 Å². The van der Waals surface area contributed by atoms with Gasteiger partial charge in [0.2, 0.25) is 0 Å². The summed E-state index contributed by atoms with van der Waals surface area (Å²) in [5.41, 5.74) is 7.85. The third-order valence-electron chi connectivity index (χ3n) is 4.03. The summed E-state index contributed by atoms with van der Waals surface area (Å²) in [5.74, 6) is 2.23. The molecule has 1 aliphatic heterocycles. The van der Waals surface area contributed by atoms with E-state index < -0.39 is 0 Å². The Hall–Kier alpha value is -2.76. The number of benzene rings is 1.